The lowest BCUT2D eigenvalue weighted by molar-refractivity contribution is -0.178. The minimum atomic E-state index is -0.463. The molecule has 1 aromatic carbocycles. The molecule has 2 N–H and O–H groups in total. The Balaban J connectivity index is 1.50. The van der Waals surface area contributed by atoms with E-state index in [1.54, 1.807) is 0 Å². The van der Waals surface area contributed by atoms with Crippen molar-refractivity contribution in [2.75, 3.05) is 0 Å². The van der Waals surface area contributed by atoms with Crippen molar-refractivity contribution < 1.29 is 19.7 Å². The minimum Gasteiger partial charge on any atom is -0.508 e. The van der Waals surface area contributed by atoms with Crippen molar-refractivity contribution in [2.45, 2.75) is 76.8 Å². The number of aromatic hydroxyl groups is 2. The highest BCUT2D eigenvalue weighted by molar-refractivity contribution is 5.49. The first kappa shape index (κ1) is 16.0. The van der Waals surface area contributed by atoms with Crippen LogP contribution in [-0.4, -0.2) is 28.2 Å². The Bertz CT molecular complexity index is 727. The number of hydrogen-bond donors (Lipinski definition) is 2. The molecule has 6 atom stereocenters. The molecule has 2 saturated carbocycles. The maximum absolute atomic E-state index is 10.5. The van der Waals surface area contributed by atoms with Gasteiger partial charge in [-0.1, -0.05) is 6.92 Å². The molecule has 5 rings (SSSR count). The van der Waals surface area contributed by atoms with Crippen molar-refractivity contribution in [1.82, 2.24) is 0 Å². The largest absolute Gasteiger partial charge is 0.508 e. The highest BCUT2D eigenvalue weighted by atomic mass is 16.8. The summed E-state index contributed by atoms with van der Waals surface area (Å²) in [7, 11) is 0. The van der Waals surface area contributed by atoms with E-state index < -0.39 is 5.79 Å². The van der Waals surface area contributed by atoms with Gasteiger partial charge in [0.05, 0.1) is 12.2 Å². The van der Waals surface area contributed by atoms with Gasteiger partial charge in [-0.25, -0.2) is 0 Å². The molecule has 0 spiro atoms. The summed E-state index contributed by atoms with van der Waals surface area (Å²) in [5.41, 5.74) is 2.40. The number of benzene rings is 1. The zero-order valence-electron chi connectivity index (χ0n) is 15.3. The topological polar surface area (TPSA) is 58.9 Å². The number of fused-ring (bicyclic) bond motifs is 7. The van der Waals surface area contributed by atoms with Crippen molar-refractivity contribution in [2.24, 2.45) is 17.3 Å². The molecule has 0 radical (unpaired) electrons. The van der Waals surface area contributed by atoms with Crippen LogP contribution in [0.4, 0.5) is 0 Å². The molecule has 3 fully saturated rings. The molecule has 0 aromatic heterocycles. The van der Waals surface area contributed by atoms with E-state index in [0.717, 1.165) is 43.2 Å². The second-order valence-electron chi connectivity index (χ2n) is 9.33. The van der Waals surface area contributed by atoms with Crippen molar-refractivity contribution in [3.63, 3.8) is 0 Å². The van der Waals surface area contributed by atoms with Crippen LogP contribution in [0.15, 0.2) is 12.1 Å². The Kier molecular flexibility index (Phi) is 3.14. The van der Waals surface area contributed by atoms with E-state index in [0.29, 0.717) is 17.8 Å². The maximum Gasteiger partial charge on any atom is 0.163 e. The quantitative estimate of drug-likeness (QED) is 0.744. The van der Waals surface area contributed by atoms with Crippen molar-refractivity contribution >= 4 is 0 Å². The monoisotopic (exact) mass is 344 g/mol. The summed E-state index contributed by atoms with van der Waals surface area (Å²) in [5.74, 6) is 1.54. The summed E-state index contributed by atoms with van der Waals surface area (Å²) < 4.78 is 12.5. The molecule has 0 bridgehead atoms. The van der Waals surface area contributed by atoms with Gasteiger partial charge >= 0.3 is 0 Å². The molecule has 3 aliphatic carbocycles. The van der Waals surface area contributed by atoms with Crippen LogP contribution in [0.1, 0.15) is 63.5 Å². The maximum atomic E-state index is 10.5. The highest BCUT2D eigenvalue weighted by Crippen LogP contribution is 2.64. The number of ether oxygens (including phenoxy) is 2. The summed E-state index contributed by atoms with van der Waals surface area (Å²) in [4.78, 5) is 0. The van der Waals surface area contributed by atoms with Gasteiger partial charge in [-0.05, 0) is 80.8 Å². The summed E-state index contributed by atoms with van der Waals surface area (Å²) in [6.07, 6.45) is 5.73. The van der Waals surface area contributed by atoms with E-state index in [-0.39, 0.29) is 29.1 Å². The lowest BCUT2D eigenvalue weighted by atomic mass is 9.55. The summed E-state index contributed by atoms with van der Waals surface area (Å²) >= 11 is 0. The first-order valence-electron chi connectivity index (χ1n) is 9.69. The van der Waals surface area contributed by atoms with Crippen LogP contribution in [0.2, 0.25) is 0 Å². The number of aryl methyl sites for hydroxylation is 1. The zero-order chi connectivity index (χ0) is 17.6. The molecule has 0 unspecified atom stereocenters. The Hall–Kier alpha value is -1.26. The molecule has 25 heavy (non-hydrogen) atoms. The molecule has 1 aliphatic heterocycles. The predicted octanol–water partition coefficient (Wildman–Crippen LogP) is 4.08. The highest BCUT2D eigenvalue weighted by Gasteiger charge is 2.63. The van der Waals surface area contributed by atoms with Gasteiger partial charge in [0.2, 0.25) is 0 Å². The second kappa shape index (κ2) is 4.92. The molecule has 136 valence electrons. The van der Waals surface area contributed by atoms with E-state index in [4.69, 9.17) is 9.47 Å². The normalized spacial score (nSPS) is 43.9. The third-order valence-corrected chi connectivity index (χ3v) is 7.54. The second-order valence-corrected chi connectivity index (χ2v) is 9.33. The molecule has 1 saturated heterocycles. The lowest BCUT2D eigenvalue weighted by Gasteiger charge is -2.50. The summed E-state index contributed by atoms with van der Waals surface area (Å²) in [6.45, 7) is 6.45. The molecule has 4 heteroatoms. The third kappa shape index (κ3) is 2.13. The van der Waals surface area contributed by atoms with E-state index in [2.05, 4.69) is 6.92 Å². The molecular weight excluding hydrogens is 316 g/mol. The average molecular weight is 344 g/mol. The number of phenols is 2. The number of rotatable bonds is 0. The number of phenolic OH excluding ortho intramolecular Hbond substituents is 2. The van der Waals surface area contributed by atoms with Gasteiger partial charge in [0.1, 0.15) is 11.5 Å². The fourth-order valence-electron chi connectivity index (χ4n) is 6.65. The van der Waals surface area contributed by atoms with Crippen LogP contribution >= 0.6 is 0 Å². The minimum absolute atomic E-state index is 0.170. The Morgan fingerprint density at radius 1 is 1.08 bits per heavy atom. The molecular formula is C21H28O4. The van der Waals surface area contributed by atoms with Crippen LogP contribution in [0.5, 0.6) is 11.5 Å². The van der Waals surface area contributed by atoms with Crippen molar-refractivity contribution in [3.05, 3.63) is 23.3 Å². The van der Waals surface area contributed by atoms with E-state index in [1.165, 1.54) is 6.07 Å². The first-order valence-corrected chi connectivity index (χ1v) is 9.69. The molecule has 4 nitrogen and oxygen atoms in total. The standard InChI is InChI=1S/C21H28O4/c1-20(2)24-17-10-15-13-5-4-11-8-12(22)9-16(23)18(11)14(13)6-7-21(15,3)19(17)25-20/h8-9,13-15,17,19,22-23H,4-7,10H2,1-3H3/t13-,14-,15-,17-,19-,21-/m0/s1. The summed E-state index contributed by atoms with van der Waals surface area (Å²) in [5, 5.41) is 20.3. The fraction of sp³-hybridized carbons (Fsp3) is 0.714. The van der Waals surface area contributed by atoms with Crippen molar-refractivity contribution in [1.29, 1.82) is 0 Å². The Morgan fingerprint density at radius 2 is 1.88 bits per heavy atom. The number of hydrogen-bond acceptors (Lipinski definition) is 4. The van der Waals surface area contributed by atoms with Gasteiger partial charge in [0.25, 0.3) is 0 Å². The van der Waals surface area contributed by atoms with Gasteiger partial charge in [0, 0.05) is 11.6 Å². The van der Waals surface area contributed by atoms with Gasteiger partial charge in [-0.3, -0.25) is 0 Å². The van der Waals surface area contributed by atoms with E-state index in [1.807, 2.05) is 19.9 Å². The van der Waals surface area contributed by atoms with E-state index >= 15 is 0 Å². The van der Waals surface area contributed by atoms with Crippen LogP contribution in [-0.2, 0) is 15.9 Å². The van der Waals surface area contributed by atoms with Gasteiger partial charge in [0.15, 0.2) is 5.79 Å². The van der Waals surface area contributed by atoms with Gasteiger partial charge in [-0.15, -0.1) is 0 Å². The predicted molar refractivity (Wildman–Crippen MR) is 93.6 cm³/mol. The zero-order valence-corrected chi connectivity index (χ0v) is 15.3. The molecule has 1 aromatic rings. The molecule has 0 amide bonds. The van der Waals surface area contributed by atoms with Gasteiger partial charge in [-0.2, -0.15) is 0 Å². The van der Waals surface area contributed by atoms with Gasteiger partial charge < -0.3 is 19.7 Å². The third-order valence-electron chi connectivity index (χ3n) is 7.54. The smallest absolute Gasteiger partial charge is 0.163 e. The van der Waals surface area contributed by atoms with Crippen LogP contribution < -0.4 is 0 Å². The van der Waals surface area contributed by atoms with Crippen molar-refractivity contribution in [3.8, 4) is 11.5 Å². The average Bonchev–Trinajstić information content (AvgIpc) is 2.97. The fourth-order valence-corrected chi connectivity index (χ4v) is 6.65. The SMILES string of the molecule is CC1(C)O[C@H]2C[C@H]3[C@H]4CCc5cc(O)cc(O)c5[C@H]4CC[C@]3(C)[C@H]2O1. The summed E-state index contributed by atoms with van der Waals surface area (Å²) in [6, 6.07) is 3.35. The van der Waals surface area contributed by atoms with Crippen LogP contribution in [0.25, 0.3) is 0 Å². The molecule has 1 heterocycles. The van der Waals surface area contributed by atoms with Crippen LogP contribution in [0.3, 0.4) is 0 Å². The lowest BCUT2D eigenvalue weighted by Crippen LogP contribution is -2.45. The van der Waals surface area contributed by atoms with E-state index in [9.17, 15) is 10.2 Å². The molecule has 4 aliphatic rings. The Labute approximate surface area is 149 Å². The van der Waals surface area contributed by atoms with Crippen LogP contribution in [0, 0.1) is 17.3 Å². The Morgan fingerprint density at radius 3 is 2.68 bits per heavy atom. The first-order chi connectivity index (χ1) is 11.8.